The van der Waals surface area contributed by atoms with Crippen molar-refractivity contribution in [1.82, 2.24) is 9.88 Å². The van der Waals surface area contributed by atoms with Gasteiger partial charge in [0.1, 0.15) is 11.9 Å². The second-order valence-corrected chi connectivity index (χ2v) is 6.53. The summed E-state index contributed by atoms with van der Waals surface area (Å²) >= 11 is 0. The van der Waals surface area contributed by atoms with Gasteiger partial charge in [0.2, 0.25) is 5.88 Å². The van der Waals surface area contributed by atoms with Crippen LogP contribution in [0.1, 0.15) is 43.0 Å². The minimum absolute atomic E-state index is 0.00461. The van der Waals surface area contributed by atoms with Crippen LogP contribution in [0.25, 0.3) is 0 Å². The van der Waals surface area contributed by atoms with Gasteiger partial charge in [-0.2, -0.15) is 0 Å². The van der Waals surface area contributed by atoms with Gasteiger partial charge in [-0.25, -0.2) is 4.98 Å². The van der Waals surface area contributed by atoms with Crippen LogP contribution in [-0.2, 0) is 0 Å². The van der Waals surface area contributed by atoms with Crippen molar-refractivity contribution in [3.63, 3.8) is 0 Å². The Morgan fingerprint density at radius 2 is 2.04 bits per heavy atom. The highest BCUT2D eigenvalue weighted by Gasteiger charge is 2.28. The minimum Gasteiger partial charge on any atom is -0.494 e. The lowest BCUT2D eigenvalue weighted by molar-refractivity contribution is 0.0771. The Morgan fingerprint density at radius 3 is 2.77 bits per heavy atom. The molecule has 2 aromatic rings. The second-order valence-electron chi connectivity index (χ2n) is 6.53. The summed E-state index contributed by atoms with van der Waals surface area (Å²) in [7, 11) is 0. The van der Waals surface area contributed by atoms with Gasteiger partial charge in [-0.1, -0.05) is 25.8 Å². The van der Waals surface area contributed by atoms with E-state index in [1.165, 1.54) is 12.8 Å². The number of hydrogen-bond acceptors (Lipinski definition) is 4. The summed E-state index contributed by atoms with van der Waals surface area (Å²) < 4.78 is 11.5. The molecule has 1 atom stereocenters. The lowest BCUT2D eigenvalue weighted by Gasteiger charge is -2.17. The Labute approximate surface area is 155 Å². The van der Waals surface area contributed by atoms with Crippen molar-refractivity contribution in [1.29, 1.82) is 0 Å². The number of amides is 1. The SMILES string of the molecule is CCCCCOc1ccc(C(=O)N2CCC(Oc3ccccn3)C2)cc1. The average Bonchev–Trinajstić information content (AvgIpc) is 3.14. The molecule has 2 heterocycles. The Hall–Kier alpha value is -2.56. The van der Waals surface area contributed by atoms with Crippen molar-refractivity contribution >= 4 is 5.91 Å². The maximum atomic E-state index is 12.7. The number of pyridine rings is 1. The third-order valence-corrected chi connectivity index (χ3v) is 4.48. The number of likely N-dealkylation sites (tertiary alicyclic amines) is 1. The van der Waals surface area contributed by atoms with Crippen LogP contribution in [0, 0.1) is 0 Å². The molecular formula is C21H26N2O3. The summed E-state index contributed by atoms with van der Waals surface area (Å²) in [5, 5.41) is 0. The third-order valence-electron chi connectivity index (χ3n) is 4.48. The lowest BCUT2D eigenvalue weighted by atomic mass is 10.2. The molecule has 0 saturated carbocycles. The molecule has 0 N–H and O–H groups in total. The zero-order valence-electron chi connectivity index (χ0n) is 15.3. The summed E-state index contributed by atoms with van der Waals surface area (Å²) in [5.41, 5.74) is 0.685. The Balaban J connectivity index is 1.50. The molecule has 5 nitrogen and oxygen atoms in total. The first-order valence-corrected chi connectivity index (χ1v) is 9.36. The highest BCUT2D eigenvalue weighted by atomic mass is 16.5. The van der Waals surface area contributed by atoms with Crippen LogP contribution in [0.5, 0.6) is 11.6 Å². The van der Waals surface area contributed by atoms with Crippen LogP contribution in [0.15, 0.2) is 48.7 Å². The molecule has 0 radical (unpaired) electrons. The van der Waals surface area contributed by atoms with E-state index in [0.29, 0.717) is 24.5 Å². The summed E-state index contributed by atoms with van der Waals surface area (Å²) in [4.78, 5) is 18.7. The van der Waals surface area contributed by atoms with Gasteiger partial charge in [-0.15, -0.1) is 0 Å². The summed E-state index contributed by atoms with van der Waals surface area (Å²) in [5.74, 6) is 1.46. The first-order chi connectivity index (χ1) is 12.8. The molecule has 0 bridgehead atoms. The van der Waals surface area contributed by atoms with Gasteiger partial charge < -0.3 is 14.4 Å². The molecule has 1 aliphatic rings. The summed E-state index contributed by atoms with van der Waals surface area (Å²) in [6.45, 7) is 4.18. The molecular weight excluding hydrogens is 328 g/mol. The number of hydrogen-bond donors (Lipinski definition) is 0. The standard InChI is InChI=1S/C21H26N2O3/c1-2-3-6-15-25-18-10-8-17(9-11-18)21(24)23-14-12-19(16-23)26-20-7-4-5-13-22-20/h4-5,7-11,13,19H,2-3,6,12,14-16H2,1H3. The molecule has 1 aromatic carbocycles. The van der Waals surface area contributed by atoms with E-state index in [1.807, 2.05) is 47.4 Å². The van der Waals surface area contributed by atoms with Gasteiger partial charge in [0.25, 0.3) is 5.91 Å². The molecule has 0 spiro atoms. The van der Waals surface area contributed by atoms with Crippen LogP contribution in [0.3, 0.4) is 0 Å². The van der Waals surface area contributed by atoms with Gasteiger partial charge in [-0.05, 0) is 36.8 Å². The molecule has 1 aromatic heterocycles. The normalized spacial score (nSPS) is 16.5. The number of unbranched alkanes of at least 4 members (excludes halogenated alkanes) is 2. The van der Waals surface area contributed by atoms with E-state index in [0.717, 1.165) is 25.2 Å². The first kappa shape index (κ1) is 18.2. The molecule has 0 aliphatic carbocycles. The molecule has 138 valence electrons. The summed E-state index contributed by atoms with van der Waals surface area (Å²) in [6.07, 6.45) is 5.93. The van der Waals surface area contributed by atoms with Gasteiger partial charge in [-0.3, -0.25) is 4.79 Å². The van der Waals surface area contributed by atoms with Crippen molar-refractivity contribution in [3.05, 3.63) is 54.2 Å². The number of aromatic nitrogens is 1. The highest BCUT2D eigenvalue weighted by Crippen LogP contribution is 2.20. The molecule has 1 aliphatic heterocycles. The maximum absolute atomic E-state index is 12.7. The average molecular weight is 354 g/mol. The van der Waals surface area contributed by atoms with Crippen LogP contribution >= 0.6 is 0 Å². The lowest BCUT2D eigenvalue weighted by Crippen LogP contribution is -2.31. The largest absolute Gasteiger partial charge is 0.494 e. The molecule has 1 saturated heterocycles. The smallest absolute Gasteiger partial charge is 0.253 e. The Morgan fingerprint density at radius 1 is 1.19 bits per heavy atom. The fourth-order valence-electron chi connectivity index (χ4n) is 3.01. The molecule has 26 heavy (non-hydrogen) atoms. The van der Waals surface area contributed by atoms with Crippen molar-refractivity contribution in [2.45, 2.75) is 38.7 Å². The van der Waals surface area contributed by atoms with Gasteiger partial charge in [0.05, 0.1) is 13.2 Å². The summed E-state index contributed by atoms with van der Waals surface area (Å²) in [6, 6.07) is 13.0. The zero-order valence-corrected chi connectivity index (χ0v) is 15.3. The van der Waals surface area contributed by atoms with E-state index in [4.69, 9.17) is 9.47 Å². The molecule has 3 rings (SSSR count). The zero-order chi connectivity index (χ0) is 18.2. The van der Waals surface area contributed by atoms with Crippen molar-refractivity contribution in [2.24, 2.45) is 0 Å². The quantitative estimate of drug-likeness (QED) is 0.674. The minimum atomic E-state index is -0.00461. The van der Waals surface area contributed by atoms with Crippen LogP contribution in [0.2, 0.25) is 0 Å². The number of benzene rings is 1. The highest BCUT2D eigenvalue weighted by molar-refractivity contribution is 5.94. The fourth-order valence-corrected chi connectivity index (χ4v) is 3.01. The second kappa shape index (κ2) is 9.22. The number of carbonyl (C=O) groups is 1. The number of nitrogens with zero attached hydrogens (tertiary/aromatic N) is 2. The molecule has 5 heteroatoms. The fraction of sp³-hybridized carbons (Fsp3) is 0.429. The first-order valence-electron chi connectivity index (χ1n) is 9.36. The maximum Gasteiger partial charge on any atom is 0.253 e. The van der Waals surface area contributed by atoms with E-state index >= 15 is 0 Å². The van der Waals surface area contributed by atoms with Gasteiger partial charge in [0, 0.05) is 30.8 Å². The van der Waals surface area contributed by atoms with E-state index in [1.54, 1.807) is 6.20 Å². The van der Waals surface area contributed by atoms with Gasteiger partial charge in [0.15, 0.2) is 0 Å². The predicted octanol–water partition coefficient (Wildman–Crippen LogP) is 3.94. The third kappa shape index (κ3) is 4.97. The Kier molecular flexibility index (Phi) is 6.47. The van der Waals surface area contributed by atoms with E-state index in [-0.39, 0.29) is 12.0 Å². The van der Waals surface area contributed by atoms with E-state index in [9.17, 15) is 4.79 Å². The van der Waals surface area contributed by atoms with E-state index < -0.39 is 0 Å². The monoisotopic (exact) mass is 354 g/mol. The van der Waals surface area contributed by atoms with Crippen LogP contribution in [0.4, 0.5) is 0 Å². The van der Waals surface area contributed by atoms with Crippen molar-refractivity contribution < 1.29 is 14.3 Å². The molecule has 1 fully saturated rings. The van der Waals surface area contributed by atoms with Crippen molar-refractivity contribution in [2.75, 3.05) is 19.7 Å². The number of carbonyl (C=O) groups excluding carboxylic acids is 1. The molecule has 1 amide bonds. The van der Waals surface area contributed by atoms with E-state index in [2.05, 4.69) is 11.9 Å². The number of ether oxygens (including phenoxy) is 2. The number of rotatable bonds is 8. The Bertz CT molecular complexity index is 688. The molecule has 1 unspecified atom stereocenters. The van der Waals surface area contributed by atoms with Crippen LogP contribution in [-0.4, -0.2) is 41.6 Å². The van der Waals surface area contributed by atoms with Crippen molar-refractivity contribution in [3.8, 4) is 11.6 Å². The topological polar surface area (TPSA) is 51.7 Å². The van der Waals surface area contributed by atoms with Gasteiger partial charge >= 0.3 is 0 Å². The van der Waals surface area contributed by atoms with Crippen LogP contribution < -0.4 is 9.47 Å². The predicted molar refractivity (Wildman–Crippen MR) is 101 cm³/mol.